The summed E-state index contributed by atoms with van der Waals surface area (Å²) in [5.74, 6) is 1.21. The molecule has 2 aromatic carbocycles. The summed E-state index contributed by atoms with van der Waals surface area (Å²) in [6.45, 7) is 8.81. The van der Waals surface area contributed by atoms with Gasteiger partial charge in [0, 0.05) is 66.0 Å². The predicted octanol–water partition coefficient (Wildman–Crippen LogP) is 11.0. The zero-order chi connectivity index (χ0) is 36.1. The zero-order valence-electron chi connectivity index (χ0n) is 31.6. The number of carbonyl (C=O) groups excluding carboxylic acids is 1. The summed E-state index contributed by atoms with van der Waals surface area (Å²) in [5, 5.41) is 7.40. The summed E-state index contributed by atoms with van der Waals surface area (Å²) >= 11 is 1.82. The molecule has 0 saturated carbocycles. The Kier molecular flexibility index (Phi) is 17.7. The molecule has 0 bridgehead atoms. The van der Waals surface area contributed by atoms with Gasteiger partial charge in [-0.05, 0) is 67.6 Å². The molecular weight excluding hydrogens is 669 g/mol. The van der Waals surface area contributed by atoms with E-state index < -0.39 is 6.09 Å². The van der Waals surface area contributed by atoms with Crippen molar-refractivity contribution in [3.05, 3.63) is 60.0 Å². The maximum absolute atomic E-state index is 12.1. The van der Waals surface area contributed by atoms with Gasteiger partial charge in [-0.2, -0.15) is 0 Å². The Balaban J connectivity index is 0.869. The Hall–Kier alpha value is -3.56. The molecular formula is C43H62N4O4S. The van der Waals surface area contributed by atoms with Crippen molar-refractivity contribution in [2.75, 3.05) is 57.6 Å². The summed E-state index contributed by atoms with van der Waals surface area (Å²) < 4.78 is 18.3. The van der Waals surface area contributed by atoms with Crippen LogP contribution in [-0.2, 0) is 4.74 Å². The number of nitrogens with zero attached hydrogens (tertiary/aromatic N) is 3. The van der Waals surface area contributed by atoms with Gasteiger partial charge in [0.2, 0.25) is 12.7 Å². The van der Waals surface area contributed by atoms with Crippen LogP contribution >= 0.6 is 11.3 Å². The van der Waals surface area contributed by atoms with Crippen LogP contribution in [0.25, 0.3) is 21.0 Å². The number of pyridine rings is 1. The number of unbranched alkanes of at least 4 members (excludes halogenated alkanes) is 14. The van der Waals surface area contributed by atoms with E-state index >= 15 is 0 Å². The Bertz CT molecular complexity index is 1590. The molecule has 1 aliphatic heterocycles. The van der Waals surface area contributed by atoms with E-state index in [4.69, 9.17) is 14.2 Å². The molecule has 1 N–H and O–H groups in total. The number of fused-ring (bicyclic) bond motifs is 2. The minimum atomic E-state index is -0.458. The van der Waals surface area contributed by atoms with E-state index in [9.17, 15) is 4.79 Å². The quantitative estimate of drug-likeness (QED) is 0.0537. The van der Waals surface area contributed by atoms with Gasteiger partial charge in [0.05, 0.1) is 12.1 Å². The van der Waals surface area contributed by atoms with E-state index in [1.54, 1.807) is 6.07 Å². The first-order valence-electron chi connectivity index (χ1n) is 20.2. The van der Waals surface area contributed by atoms with E-state index in [1.165, 1.54) is 92.8 Å². The van der Waals surface area contributed by atoms with E-state index in [0.29, 0.717) is 19.0 Å². The van der Waals surface area contributed by atoms with Gasteiger partial charge in [-0.15, -0.1) is 11.3 Å². The largest absolute Gasteiger partial charge is 0.494 e. The number of ether oxygens (including phenoxy) is 3. The van der Waals surface area contributed by atoms with E-state index in [-0.39, 0.29) is 6.79 Å². The van der Waals surface area contributed by atoms with Gasteiger partial charge in [0.1, 0.15) is 5.75 Å². The molecule has 1 amide bonds. The maximum Gasteiger partial charge on any atom is 0.410 e. The van der Waals surface area contributed by atoms with Crippen molar-refractivity contribution >= 4 is 44.1 Å². The second-order valence-electron chi connectivity index (χ2n) is 14.2. The van der Waals surface area contributed by atoms with Gasteiger partial charge in [-0.1, -0.05) is 96.5 Å². The maximum atomic E-state index is 12.1. The van der Waals surface area contributed by atoms with Gasteiger partial charge < -0.3 is 24.4 Å². The van der Waals surface area contributed by atoms with E-state index in [1.807, 2.05) is 35.6 Å². The molecule has 1 fully saturated rings. The Morgan fingerprint density at radius 3 is 2.23 bits per heavy atom. The third kappa shape index (κ3) is 13.8. The van der Waals surface area contributed by atoms with Crippen LogP contribution in [0.1, 0.15) is 110 Å². The smallest absolute Gasteiger partial charge is 0.410 e. The van der Waals surface area contributed by atoms with Crippen LogP contribution < -0.4 is 19.7 Å². The predicted molar refractivity (Wildman–Crippen MR) is 217 cm³/mol. The first-order chi connectivity index (χ1) is 25.7. The Labute approximate surface area is 316 Å². The molecule has 0 aliphatic carbocycles. The lowest BCUT2D eigenvalue weighted by molar-refractivity contribution is 0.0570. The van der Waals surface area contributed by atoms with Crippen molar-refractivity contribution in [3.63, 3.8) is 0 Å². The Morgan fingerprint density at radius 2 is 1.48 bits per heavy atom. The molecule has 0 unspecified atom stereocenters. The number of anilines is 1. The normalized spacial score (nSPS) is 13.5. The number of aromatic nitrogens is 1. The summed E-state index contributed by atoms with van der Waals surface area (Å²) in [6, 6.07) is 18.6. The average molecular weight is 731 g/mol. The Morgan fingerprint density at radius 1 is 0.769 bits per heavy atom. The molecule has 284 valence electrons. The molecule has 1 aliphatic rings. The number of carbonyl (C=O) groups is 1. The first-order valence-corrected chi connectivity index (χ1v) is 21.1. The fourth-order valence-electron chi connectivity index (χ4n) is 7.05. The van der Waals surface area contributed by atoms with Crippen molar-refractivity contribution in [1.82, 2.24) is 15.2 Å². The molecule has 4 aromatic rings. The minimum Gasteiger partial charge on any atom is -0.494 e. The number of hydrogen-bond acceptors (Lipinski definition) is 8. The van der Waals surface area contributed by atoms with Crippen molar-refractivity contribution in [2.24, 2.45) is 0 Å². The van der Waals surface area contributed by atoms with Gasteiger partial charge in [0.25, 0.3) is 0 Å². The molecule has 1 saturated heterocycles. The first kappa shape index (κ1) is 39.6. The molecule has 52 heavy (non-hydrogen) atoms. The molecule has 0 radical (unpaired) electrons. The standard InChI is InChI=1S/C43H62N4O4S/c1-2-3-4-5-6-7-8-9-10-11-12-13-14-15-26-44-43(48)51-35-50-42-24-22-36-21-23-37(34-39(36)45-42)49-32-17-16-27-46-28-30-47(31-29-46)40-19-18-20-41-38(40)25-33-52-41/h18-25,33-34H,2-17,26-32,35H2,1H3,(H,44,48). The van der Waals surface area contributed by atoms with E-state index in [2.05, 4.69) is 56.7 Å². The fraction of sp³-hybridized carbons (Fsp3) is 0.581. The number of benzene rings is 2. The van der Waals surface area contributed by atoms with Crippen LogP contribution in [0.4, 0.5) is 10.5 Å². The summed E-state index contributed by atoms with van der Waals surface area (Å²) in [4.78, 5) is 21.8. The molecule has 0 atom stereocenters. The summed E-state index contributed by atoms with van der Waals surface area (Å²) in [6.07, 6.45) is 20.1. The van der Waals surface area contributed by atoms with Crippen molar-refractivity contribution in [3.8, 4) is 11.6 Å². The lowest BCUT2D eigenvalue weighted by Gasteiger charge is -2.36. The number of alkyl carbamates (subject to hydrolysis) is 1. The van der Waals surface area contributed by atoms with Crippen molar-refractivity contribution in [2.45, 2.75) is 110 Å². The number of hydrogen-bond donors (Lipinski definition) is 1. The number of amides is 1. The number of piperazine rings is 1. The SMILES string of the molecule is CCCCCCCCCCCCCCCCNC(=O)OCOc1ccc2ccc(OCCCCN3CCN(c4cccc5sccc45)CC3)cc2n1. The zero-order valence-corrected chi connectivity index (χ0v) is 32.4. The lowest BCUT2D eigenvalue weighted by Crippen LogP contribution is -2.46. The van der Waals surface area contributed by atoms with Gasteiger partial charge in [-0.25, -0.2) is 9.78 Å². The van der Waals surface area contributed by atoms with Crippen LogP contribution in [0.15, 0.2) is 60.0 Å². The van der Waals surface area contributed by atoms with Crippen LogP contribution in [0, 0.1) is 0 Å². The second kappa shape index (κ2) is 23.2. The lowest BCUT2D eigenvalue weighted by atomic mass is 10.0. The van der Waals surface area contributed by atoms with Crippen LogP contribution in [0.5, 0.6) is 11.6 Å². The van der Waals surface area contributed by atoms with Gasteiger partial charge in [0.15, 0.2) is 0 Å². The van der Waals surface area contributed by atoms with E-state index in [0.717, 1.165) is 75.1 Å². The van der Waals surface area contributed by atoms with Crippen molar-refractivity contribution in [1.29, 1.82) is 0 Å². The third-order valence-electron chi connectivity index (χ3n) is 10.2. The molecule has 5 rings (SSSR count). The molecule has 9 heteroatoms. The second-order valence-corrected chi connectivity index (χ2v) is 15.2. The topological polar surface area (TPSA) is 76.2 Å². The highest BCUT2D eigenvalue weighted by Gasteiger charge is 2.18. The third-order valence-corrected chi connectivity index (χ3v) is 11.0. The molecule has 8 nitrogen and oxygen atoms in total. The molecule has 0 spiro atoms. The molecule has 3 heterocycles. The minimum absolute atomic E-state index is 0.182. The summed E-state index contributed by atoms with van der Waals surface area (Å²) in [7, 11) is 0. The van der Waals surface area contributed by atoms with Crippen LogP contribution in [-0.4, -0.2) is 68.6 Å². The average Bonchev–Trinajstić information content (AvgIpc) is 3.66. The number of thiophene rings is 1. The van der Waals surface area contributed by atoms with Gasteiger partial charge in [-0.3, -0.25) is 4.90 Å². The number of nitrogens with one attached hydrogen (secondary N) is 1. The highest BCUT2D eigenvalue weighted by Crippen LogP contribution is 2.31. The summed E-state index contributed by atoms with van der Waals surface area (Å²) in [5.41, 5.74) is 2.16. The van der Waals surface area contributed by atoms with Crippen LogP contribution in [0.2, 0.25) is 0 Å². The van der Waals surface area contributed by atoms with Crippen molar-refractivity contribution < 1.29 is 19.0 Å². The van der Waals surface area contributed by atoms with Gasteiger partial charge >= 0.3 is 6.09 Å². The highest BCUT2D eigenvalue weighted by molar-refractivity contribution is 7.17. The molecule has 2 aromatic heterocycles. The number of rotatable bonds is 25. The fourth-order valence-corrected chi connectivity index (χ4v) is 7.85. The van der Waals surface area contributed by atoms with Crippen LogP contribution in [0.3, 0.4) is 0 Å². The monoisotopic (exact) mass is 730 g/mol. The highest BCUT2D eigenvalue weighted by atomic mass is 32.1.